The summed E-state index contributed by atoms with van der Waals surface area (Å²) >= 11 is 0. The molecule has 0 bridgehead atoms. The summed E-state index contributed by atoms with van der Waals surface area (Å²) in [5.41, 5.74) is 0. The van der Waals surface area contributed by atoms with E-state index in [1.807, 2.05) is 0 Å². The minimum atomic E-state index is -2.49. The van der Waals surface area contributed by atoms with Crippen LogP contribution in [0.15, 0.2) is 0 Å². The normalized spacial score (nSPS) is 14.6. The Bertz CT molecular complexity index is 266. The molecule has 4 heteroatoms. The molecule has 0 atom stereocenters. The Hall–Kier alpha value is -0.353. The zero-order valence-corrected chi connectivity index (χ0v) is 14.5. The first-order valence-corrected chi connectivity index (χ1v) is 8.44. The lowest BCUT2D eigenvalue weighted by molar-refractivity contribution is -0.139. The third-order valence-corrected chi connectivity index (χ3v) is 10.4. The number of rotatable bonds is 2. The monoisotopic (exact) mass is 274 g/mol. The van der Waals surface area contributed by atoms with Crippen molar-refractivity contribution in [2.45, 2.75) is 77.4 Å². The summed E-state index contributed by atoms with van der Waals surface area (Å²) in [6.07, 6.45) is 0. The summed E-state index contributed by atoms with van der Waals surface area (Å²) in [7, 11) is -2.49. The fourth-order valence-electron chi connectivity index (χ4n) is 4.04. The SMILES string of the molecule is CC(C)(C)[Si](OC(=O)CO)(C(C)(C)C)C(C)(C)C. The van der Waals surface area contributed by atoms with Crippen molar-refractivity contribution in [3.05, 3.63) is 0 Å². The molecule has 0 radical (unpaired) electrons. The topological polar surface area (TPSA) is 46.5 Å². The first kappa shape index (κ1) is 17.6. The van der Waals surface area contributed by atoms with Crippen LogP contribution in [0.1, 0.15) is 62.3 Å². The third kappa shape index (κ3) is 2.97. The first-order valence-electron chi connectivity index (χ1n) is 6.53. The Morgan fingerprint density at radius 3 is 1.33 bits per heavy atom. The molecule has 0 aromatic heterocycles. The largest absolute Gasteiger partial charge is 0.516 e. The van der Waals surface area contributed by atoms with Crippen LogP contribution < -0.4 is 0 Å². The quantitative estimate of drug-likeness (QED) is 0.778. The lowest BCUT2D eigenvalue weighted by Crippen LogP contribution is -2.61. The number of aliphatic hydroxyl groups is 1. The van der Waals surface area contributed by atoms with Gasteiger partial charge in [0.2, 0.25) is 0 Å². The second kappa shape index (κ2) is 4.97. The van der Waals surface area contributed by atoms with Crippen LogP contribution in [0, 0.1) is 0 Å². The van der Waals surface area contributed by atoms with Gasteiger partial charge in [-0.05, 0) is 15.1 Å². The summed E-state index contributed by atoms with van der Waals surface area (Å²) in [6, 6.07) is 0. The Kier molecular flexibility index (Phi) is 4.87. The molecule has 0 fully saturated rings. The molecule has 0 unspecified atom stereocenters. The molecule has 1 N–H and O–H groups in total. The van der Waals surface area contributed by atoms with E-state index in [2.05, 4.69) is 62.3 Å². The number of aliphatic hydroxyl groups excluding tert-OH is 1. The summed E-state index contributed by atoms with van der Waals surface area (Å²) in [5.74, 6) is -0.499. The lowest BCUT2D eigenvalue weighted by atomic mass is 10.2. The van der Waals surface area contributed by atoms with Gasteiger partial charge >= 0.3 is 5.97 Å². The second-order valence-corrected chi connectivity index (χ2v) is 14.1. The standard InChI is InChI=1S/C14H30O3Si/c1-12(2,3)18(13(4,5)6,14(7,8)9)17-11(16)10-15/h15H,10H2,1-9H3. The molecule has 0 rings (SSSR count). The highest BCUT2D eigenvalue weighted by molar-refractivity contribution is 6.83. The van der Waals surface area contributed by atoms with Gasteiger partial charge in [-0.15, -0.1) is 0 Å². The van der Waals surface area contributed by atoms with Gasteiger partial charge in [0, 0.05) is 0 Å². The van der Waals surface area contributed by atoms with Crippen molar-refractivity contribution in [1.82, 2.24) is 0 Å². The van der Waals surface area contributed by atoms with Crippen molar-refractivity contribution < 1.29 is 14.3 Å². The molecule has 0 amide bonds. The zero-order valence-electron chi connectivity index (χ0n) is 13.5. The molecular weight excluding hydrogens is 244 g/mol. The summed E-state index contributed by atoms with van der Waals surface area (Å²) in [5, 5.41) is 8.73. The van der Waals surface area contributed by atoms with E-state index in [1.54, 1.807) is 0 Å². The Morgan fingerprint density at radius 1 is 0.889 bits per heavy atom. The van der Waals surface area contributed by atoms with Gasteiger partial charge in [0.05, 0.1) is 0 Å². The minimum absolute atomic E-state index is 0.103. The predicted molar refractivity (Wildman–Crippen MR) is 78.1 cm³/mol. The van der Waals surface area contributed by atoms with E-state index in [4.69, 9.17) is 9.53 Å². The summed E-state index contributed by atoms with van der Waals surface area (Å²) in [6.45, 7) is 18.7. The predicted octanol–water partition coefficient (Wildman–Crippen LogP) is 3.87. The maximum absolute atomic E-state index is 11.7. The highest BCUT2D eigenvalue weighted by Crippen LogP contribution is 2.62. The molecule has 0 aliphatic rings. The number of carbonyl (C=O) groups is 1. The maximum Gasteiger partial charge on any atom is 0.318 e. The van der Waals surface area contributed by atoms with Crippen LogP contribution in [0.4, 0.5) is 0 Å². The van der Waals surface area contributed by atoms with Gasteiger partial charge in [0.1, 0.15) is 6.61 Å². The van der Waals surface area contributed by atoms with E-state index < -0.39 is 20.9 Å². The molecule has 0 aromatic carbocycles. The molecule has 18 heavy (non-hydrogen) atoms. The fourth-order valence-corrected chi connectivity index (χ4v) is 12.1. The Labute approximate surface area is 113 Å². The van der Waals surface area contributed by atoms with Crippen molar-refractivity contribution in [1.29, 1.82) is 0 Å². The van der Waals surface area contributed by atoms with Crippen LogP contribution in [0.25, 0.3) is 0 Å². The smallest absolute Gasteiger partial charge is 0.318 e. The highest BCUT2D eigenvalue weighted by Gasteiger charge is 2.64. The van der Waals surface area contributed by atoms with Gasteiger partial charge in [0.15, 0.2) is 0 Å². The molecule has 0 saturated heterocycles. The van der Waals surface area contributed by atoms with Crippen LogP contribution in [0.3, 0.4) is 0 Å². The van der Waals surface area contributed by atoms with E-state index in [0.717, 1.165) is 0 Å². The molecule has 0 aromatic rings. The molecule has 0 spiro atoms. The van der Waals surface area contributed by atoms with Gasteiger partial charge in [-0.25, -0.2) is 0 Å². The van der Waals surface area contributed by atoms with Crippen LogP contribution in [-0.2, 0) is 9.22 Å². The molecule has 0 heterocycles. The molecule has 0 aliphatic carbocycles. The van der Waals surface area contributed by atoms with E-state index in [1.165, 1.54) is 0 Å². The van der Waals surface area contributed by atoms with E-state index in [-0.39, 0.29) is 15.1 Å². The third-order valence-electron chi connectivity index (χ3n) is 3.56. The van der Waals surface area contributed by atoms with Gasteiger partial charge in [-0.2, -0.15) is 0 Å². The van der Waals surface area contributed by atoms with Crippen molar-refractivity contribution in [3.8, 4) is 0 Å². The van der Waals surface area contributed by atoms with Gasteiger partial charge in [0.25, 0.3) is 8.32 Å². The van der Waals surface area contributed by atoms with Crippen LogP contribution in [0.2, 0.25) is 15.1 Å². The van der Waals surface area contributed by atoms with E-state index in [0.29, 0.717) is 0 Å². The van der Waals surface area contributed by atoms with Gasteiger partial charge < -0.3 is 9.53 Å². The first-order chi connectivity index (χ1) is 7.70. The average molecular weight is 274 g/mol. The molecule has 0 aliphatic heterocycles. The fraction of sp³-hybridized carbons (Fsp3) is 0.929. The Morgan fingerprint density at radius 2 is 1.17 bits per heavy atom. The minimum Gasteiger partial charge on any atom is -0.516 e. The highest BCUT2D eigenvalue weighted by atomic mass is 28.4. The molecular formula is C14H30O3Si. The zero-order chi connectivity index (χ0) is 15.0. The van der Waals surface area contributed by atoms with Crippen LogP contribution >= 0.6 is 0 Å². The van der Waals surface area contributed by atoms with E-state index in [9.17, 15) is 4.79 Å². The number of hydrogen-bond acceptors (Lipinski definition) is 3. The van der Waals surface area contributed by atoms with Crippen molar-refractivity contribution in [3.63, 3.8) is 0 Å². The Balaban J connectivity index is 6.00. The van der Waals surface area contributed by atoms with Gasteiger partial charge in [-0.3, -0.25) is 4.79 Å². The number of hydrogen-bond donors (Lipinski definition) is 1. The maximum atomic E-state index is 11.7. The summed E-state index contributed by atoms with van der Waals surface area (Å²) in [4.78, 5) is 11.7. The molecule has 108 valence electrons. The second-order valence-electron chi connectivity index (χ2n) is 8.06. The lowest BCUT2D eigenvalue weighted by Gasteiger charge is -2.56. The van der Waals surface area contributed by atoms with Crippen LogP contribution in [0.5, 0.6) is 0 Å². The molecule has 3 nitrogen and oxygen atoms in total. The average Bonchev–Trinajstić information content (AvgIpc) is 2.07. The number of carbonyl (C=O) groups excluding carboxylic acids is 1. The van der Waals surface area contributed by atoms with Crippen molar-refractivity contribution in [2.24, 2.45) is 0 Å². The van der Waals surface area contributed by atoms with Crippen molar-refractivity contribution >= 4 is 14.3 Å². The molecule has 0 saturated carbocycles. The van der Waals surface area contributed by atoms with Crippen molar-refractivity contribution in [2.75, 3.05) is 6.61 Å². The van der Waals surface area contributed by atoms with Crippen LogP contribution in [-0.4, -0.2) is 26.0 Å². The van der Waals surface area contributed by atoms with E-state index >= 15 is 0 Å². The van der Waals surface area contributed by atoms with Gasteiger partial charge in [-0.1, -0.05) is 62.3 Å². The summed E-state index contributed by atoms with van der Waals surface area (Å²) < 4.78 is 5.93.